The number of carbonyl (C=O) groups excluding carboxylic acids is 1. The van der Waals surface area contributed by atoms with Crippen molar-refractivity contribution in [1.29, 1.82) is 0 Å². The van der Waals surface area contributed by atoms with Crippen molar-refractivity contribution in [2.45, 2.75) is 43.4 Å². The first-order valence-electron chi connectivity index (χ1n) is 7.37. The lowest BCUT2D eigenvalue weighted by Crippen LogP contribution is -2.55. The van der Waals surface area contributed by atoms with Gasteiger partial charge in [0.15, 0.2) is 0 Å². The van der Waals surface area contributed by atoms with Gasteiger partial charge in [0.2, 0.25) is 5.91 Å². The van der Waals surface area contributed by atoms with E-state index in [0.717, 1.165) is 17.9 Å². The van der Waals surface area contributed by atoms with Crippen molar-refractivity contribution in [3.63, 3.8) is 0 Å². The number of hydrogen-bond donors (Lipinski definition) is 1. The van der Waals surface area contributed by atoms with Crippen LogP contribution in [0.15, 0.2) is 23.1 Å². The zero-order chi connectivity index (χ0) is 16.5. The minimum Gasteiger partial charge on any atom is -0.341 e. The van der Waals surface area contributed by atoms with Crippen LogP contribution in [0.3, 0.4) is 0 Å². The van der Waals surface area contributed by atoms with E-state index in [0.29, 0.717) is 16.6 Å². The Kier molecular flexibility index (Phi) is 5.70. The van der Waals surface area contributed by atoms with Gasteiger partial charge in [0, 0.05) is 29.0 Å². The number of benzene rings is 1. The summed E-state index contributed by atoms with van der Waals surface area (Å²) in [4.78, 5) is 15.4. The molecule has 1 fully saturated rings. The molecule has 0 bridgehead atoms. The third kappa shape index (κ3) is 4.10. The lowest BCUT2D eigenvalue weighted by atomic mass is 9.79. The number of nitrogens with zero attached hydrogens (tertiary/aromatic N) is 1. The van der Waals surface area contributed by atoms with Crippen LogP contribution in [-0.2, 0) is 4.79 Å². The highest BCUT2D eigenvalue weighted by molar-refractivity contribution is 8.00. The molecule has 2 N–H and O–H groups in total. The van der Waals surface area contributed by atoms with Crippen molar-refractivity contribution in [3.05, 3.63) is 28.2 Å². The largest absolute Gasteiger partial charge is 0.341 e. The Hall–Kier alpha value is -0.420. The van der Waals surface area contributed by atoms with E-state index < -0.39 is 0 Å². The number of carbonyl (C=O) groups is 1. The number of nitrogens with two attached hydrogens (primary N) is 1. The number of likely N-dealkylation sites (tertiary alicyclic amines) is 1. The van der Waals surface area contributed by atoms with Crippen LogP contribution in [0.2, 0.25) is 10.0 Å². The highest BCUT2D eigenvalue weighted by Crippen LogP contribution is 2.34. The summed E-state index contributed by atoms with van der Waals surface area (Å²) >= 11 is 13.6. The monoisotopic (exact) mass is 360 g/mol. The van der Waals surface area contributed by atoms with Crippen molar-refractivity contribution >= 4 is 40.9 Å². The Balaban J connectivity index is 2.05. The van der Waals surface area contributed by atoms with Crippen LogP contribution in [-0.4, -0.2) is 35.2 Å². The summed E-state index contributed by atoms with van der Waals surface area (Å²) in [5, 5.41) is 1.03. The van der Waals surface area contributed by atoms with Crippen LogP contribution in [0, 0.1) is 5.41 Å². The first-order valence-corrected chi connectivity index (χ1v) is 9.00. The number of amides is 1. The molecule has 0 aliphatic carbocycles. The molecule has 0 saturated carbocycles. The Morgan fingerprint density at radius 3 is 2.77 bits per heavy atom. The highest BCUT2D eigenvalue weighted by atomic mass is 35.5. The second kappa shape index (κ2) is 7.00. The number of rotatable bonds is 3. The van der Waals surface area contributed by atoms with Crippen LogP contribution < -0.4 is 5.73 Å². The molecule has 2 atom stereocenters. The van der Waals surface area contributed by atoms with Gasteiger partial charge in [-0.05, 0) is 37.0 Å². The normalized spacial score (nSPS) is 22.5. The predicted molar refractivity (Wildman–Crippen MR) is 94.7 cm³/mol. The second-order valence-electron chi connectivity index (χ2n) is 6.48. The smallest absolute Gasteiger partial charge is 0.235 e. The average Bonchev–Trinajstić information content (AvgIpc) is 2.45. The molecule has 0 spiro atoms. The molecule has 0 aromatic heterocycles. The van der Waals surface area contributed by atoms with Gasteiger partial charge in [0.05, 0.1) is 10.3 Å². The quantitative estimate of drug-likeness (QED) is 0.826. The minimum atomic E-state index is -0.207. The minimum absolute atomic E-state index is 0.0496. The molecule has 22 heavy (non-hydrogen) atoms. The van der Waals surface area contributed by atoms with Gasteiger partial charge in [-0.15, -0.1) is 11.8 Å². The van der Waals surface area contributed by atoms with Crippen molar-refractivity contribution in [3.8, 4) is 0 Å². The van der Waals surface area contributed by atoms with Crippen molar-refractivity contribution < 1.29 is 4.79 Å². The molecule has 1 aliphatic rings. The molecule has 1 saturated heterocycles. The Morgan fingerprint density at radius 2 is 2.14 bits per heavy atom. The van der Waals surface area contributed by atoms with Crippen molar-refractivity contribution in [1.82, 2.24) is 4.90 Å². The maximum Gasteiger partial charge on any atom is 0.235 e. The highest BCUT2D eigenvalue weighted by Gasteiger charge is 2.36. The van der Waals surface area contributed by atoms with Crippen molar-refractivity contribution in [2.24, 2.45) is 11.1 Å². The van der Waals surface area contributed by atoms with E-state index in [2.05, 4.69) is 13.8 Å². The van der Waals surface area contributed by atoms with Crippen molar-refractivity contribution in [2.75, 3.05) is 13.1 Å². The van der Waals surface area contributed by atoms with Crippen LogP contribution in [0.1, 0.15) is 27.2 Å². The van der Waals surface area contributed by atoms with Crippen LogP contribution in [0.4, 0.5) is 0 Å². The van der Waals surface area contributed by atoms with E-state index in [1.807, 2.05) is 11.8 Å². The fourth-order valence-electron chi connectivity index (χ4n) is 2.63. The number of halogens is 2. The topological polar surface area (TPSA) is 46.3 Å². The summed E-state index contributed by atoms with van der Waals surface area (Å²) in [6.45, 7) is 7.55. The summed E-state index contributed by atoms with van der Waals surface area (Å²) < 4.78 is 0. The van der Waals surface area contributed by atoms with E-state index in [1.165, 1.54) is 11.8 Å². The molecular weight excluding hydrogens is 339 g/mol. The zero-order valence-electron chi connectivity index (χ0n) is 13.1. The molecular formula is C16H22Cl2N2OS. The van der Waals surface area contributed by atoms with E-state index in [9.17, 15) is 4.79 Å². The fourth-order valence-corrected chi connectivity index (χ4v) is 4.12. The number of piperidine rings is 1. The molecule has 1 heterocycles. The van der Waals surface area contributed by atoms with Gasteiger partial charge in [-0.3, -0.25) is 4.79 Å². The third-order valence-electron chi connectivity index (χ3n) is 4.17. The van der Waals surface area contributed by atoms with E-state index >= 15 is 0 Å². The Morgan fingerprint density at radius 1 is 1.45 bits per heavy atom. The molecule has 1 amide bonds. The SMILES string of the molecule is CC(Sc1cc(Cl)ccc1Cl)C(=O)N1CCC(N)C(C)(C)C1. The zero-order valence-corrected chi connectivity index (χ0v) is 15.4. The molecule has 1 aliphatic heterocycles. The molecule has 1 aromatic rings. The first-order chi connectivity index (χ1) is 10.2. The standard InChI is InChI=1S/C16H22Cl2N2OS/c1-10(22-13-8-11(17)4-5-12(13)18)15(21)20-7-6-14(19)16(2,3)9-20/h4-5,8,10,14H,6-7,9,19H2,1-3H3. The Bertz CT molecular complexity index is 565. The molecule has 3 nitrogen and oxygen atoms in total. The average molecular weight is 361 g/mol. The fraction of sp³-hybridized carbons (Fsp3) is 0.562. The lowest BCUT2D eigenvalue weighted by molar-refractivity contribution is -0.133. The molecule has 122 valence electrons. The molecule has 2 unspecified atom stereocenters. The Labute approximate surface area is 146 Å². The van der Waals surface area contributed by atoms with Crippen LogP contribution >= 0.6 is 35.0 Å². The number of hydrogen-bond acceptors (Lipinski definition) is 3. The van der Waals surface area contributed by atoms with Gasteiger partial charge in [-0.1, -0.05) is 37.0 Å². The second-order valence-corrected chi connectivity index (χ2v) is 8.70. The third-order valence-corrected chi connectivity index (χ3v) is 5.99. The van der Waals surface area contributed by atoms with Gasteiger partial charge in [0.25, 0.3) is 0 Å². The molecule has 6 heteroatoms. The van der Waals surface area contributed by atoms with Gasteiger partial charge in [0.1, 0.15) is 0 Å². The van der Waals surface area contributed by atoms with E-state index in [-0.39, 0.29) is 22.6 Å². The van der Waals surface area contributed by atoms with Crippen LogP contribution in [0.5, 0.6) is 0 Å². The molecule has 2 rings (SSSR count). The maximum atomic E-state index is 12.7. The van der Waals surface area contributed by atoms with Crippen LogP contribution in [0.25, 0.3) is 0 Å². The summed E-state index contributed by atoms with van der Waals surface area (Å²) in [7, 11) is 0. The van der Waals surface area contributed by atoms with Gasteiger partial charge in [-0.25, -0.2) is 0 Å². The molecule has 1 aromatic carbocycles. The van der Waals surface area contributed by atoms with Gasteiger partial charge in [-0.2, -0.15) is 0 Å². The van der Waals surface area contributed by atoms with Gasteiger partial charge < -0.3 is 10.6 Å². The first kappa shape index (κ1) is 17.9. The lowest BCUT2D eigenvalue weighted by Gasteiger charge is -2.43. The maximum absolute atomic E-state index is 12.7. The molecule has 0 radical (unpaired) electrons. The predicted octanol–water partition coefficient (Wildman–Crippen LogP) is 4.06. The summed E-state index contributed by atoms with van der Waals surface area (Å²) in [6.07, 6.45) is 0.841. The van der Waals surface area contributed by atoms with E-state index in [4.69, 9.17) is 28.9 Å². The van der Waals surface area contributed by atoms with E-state index in [1.54, 1.807) is 18.2 Å². The summed E-state index contributed by atoms with van der Waals surface area (Å²) in [6, 6.07) is 5.44. The number of thioether (sulfide) groups is 1. The summed E-state index contributed by atoms with van der Waals surface area (Å²) in [5.74, 6) is 0.126. The van der Waals surface area contributed by atoms with Gasteiger partial charge >= 0.3 is 0 Å². The summed E-state index contributed by atoms with van der Waals surface area (Å²) in [5.41, 5.74) is 6.09.